The van der Waals surface area contributed by atoms with Gasteiger partial charge in [0.1, 0.15) is 0 Å². The number of aliphatic imine (C=N–C) groups is 1. The fraction of sp³-hybridized carbons (Fsp3) is 0.444. The van der Waals surface area contributed by atoms with Gasteiger partial charge in [0.05, 0.1) is 0 Å². The predicted octanol–water partition coefficient (Wildman–Crippen LogP) is 1.76. The SMILES string of the molecule is C=N/C=C(CNC)\C(C)=C/C. The molecule has 2 heteroatoms. The van der Waals surface area contributed by atoms with E-state index >= 15 is 0 Å². The molecule has 0 atom stereocenters. The molecule has 62 valence electrons. The molecule has 0 saturated carbocycles. The van der Waals surface area contributed by atoms with Gasteiger partial charge in [-0.1, -0.05) is 6.08 Å². The van der Waals surface area contributed by atoms with E-state index in [4.69, 9.17) is 0 Å². The summed E-state index contributed by atoms with van der Waals surface area (Å²) >= 11 is 0. The summed E-state index contributed by atoms with van der Waals surface area (Å²) in [5.74, 6) is 0. The summed E-state index contributed by atoms with van der Waals surface area (Å²) in [6.07, 6.45) is 3.85. The second kappa shape index (κ2) is 5.86. The molecule has 0 aromatic carbocycles. The number of hydrogen-bond donors (Lipinski definition) is 1. The summed E-state index contributed by atoms with van der Waals surface area (Å²) in [5, 5.41) is 3.07. The average Bonchev–Trinajstić information content (AvgIpc) is 2.03. The summed E-state index contributed by atoms with van der Waals surface area (Å²) in [6.45, 7) is 8.34. The highest BCUT2D eigenvalue weighted by molar-refractivity contribution is 5.33. The van der Waals surface area contributed by atoms with E-state index in [-0.39, 0.29) is 0 Å². The highest BCUT2D eigenvalue weighted by Crippen LogP contribution is 2.07. The lowest BCUT2D eigenvalue weighted by molar-refractivity contribution is 0.881. The fourth-order valence-electron chi connectivity index (χ4n) is 0.773. The molecule has 0 aliphatic heterocycles. The molecule has 0 aliphatic carbocycles. The standard InChI is InChI=1S/C9H16N2/c1-5-8(2)9(6-10-3)7-11-4/h5-6,11H,3,7H2,1-2,4H3/b8-5-,9-6-. The van der Waals surface area contributed by atoms with E-state index in [0.717, 1.165) is 6.54 Å². The van der Waals surface area contributed by atoms with E-state index in [1.165, 1.54) is 11.1 Å². The van der Waals surface area contributed by atoms with E-state index in [9.17, 15) is 0 Å². The van der Waals surface area contributed by atoms with Gasteiger partial charge in [-0.2, -0.15) is 0 Å². The van der Waals surface area contributed by atoms with Crippen LogP contribution in [0.1, 0.15) is 13.8 Å². The summed E-state index contributed by atoms with van der Waals surface area (Å²) in [4.78, 5) is 3.73. The maximum absolute atomic E-state index is 3.73. The Balaban J connectivity index is 4.33. The third-order valence-electron chi connectivity index (χ3n) is 1.55. The van der Waals surface area contributed by atoms with Crippen molar-refractivity contribution in [3.63, 3.8) is 0 Å². The van der Waals surface area contributed by atoms with Gasteiger partial charge >= 0.3 is 0 Å². The number of likely N-dealkylation sites (N-methyl/N-ethyl adjacent to an activating group) is 1. The number of hydrogen-bond acceptors (Lipinski definition) is 2. The molecule has 0 heterocycles. The summed E-state index contributed by atoms with van der Waals surface area (Å²) in [7, 11) is 1.92. The molecule has 2 nitrogen and oxygen atoms in total. The zero-order valence-electron chi connectivity index (χ0n) is 7.52. The van der Waals surface area contributed by atoms with Gasteiger partial charge in [0.2, 0.25) is 0 Å². The van der Waals surface area contributed by atoms with Crippen molar-refractivity contribution in [3.8, 4) is 0 Å². The Bertz CT molecular complexity index is 178. The van der Waals surface area contributed by atoms with Crippen LogP contribution in [-0.4, -0.2) is 20.3 Å². The predicted molar refractivity (Wildman–Crippen MR) is 51.0 cm³/mol. The van der Waals surface area contributed by atoms with Gasteiger partial charge in [-0.25, -0.2) is 0 Å². The molecule has 0 aromatic heterocycles. The van der Waals surface area contributed by atoms with Crippen LogP contribution in [-0.2, 0) is 0 Å². The Kier molecular flexibility index (Phi) is 5.39. The van der Waals surface area contributed by atoms with Crippen LogP contribution in [0.2, 0.25) is 0 Å². The Labute approximate surface area is 68.7 Å². The van der Waals surface area contributed by atoms with Gasteiger partial charge in [-0.3, -0.25) is 4.99 Å². The van der Waals surface area contributed by atoms with Crippen molar-refractivity contribution < 1.29 is 0 Å². The van der Waals surface area contributed by atoms with Crippen molar-refractivity contribution in [1.82, 2.24) is 5.32 Å². The van der Waals surface area contributed by atoms with Crippen molar-refractivity contribution in [2.24, 2.45) is 4.99 Å². The van der Waals surface area contributed by atoms with Crippen molar-refractivity contribution in [2.45, 2.75) is 13.8 Å². The first-order valence-electron chi connectivity index (χ1n) is 3.69. The van der Waals surface area contributed by atoms with Gasteiger partial charge in [0.15, 0.2) is 0 Å². The molecule has 0 saturated heterocycles. The summed E-state index contributed by atoms with van der Waals surface area (Å²) in [6, 6.07) is 0. The second-order valence-corrected chi connectivity index (χ2v) is 2.34. The molecule has 0 rings (SSSR count). The molecule has 0 fully saturated rings. The highest BCUT2D eigenvalue weighted by atomic mass is 14.8. The molecule has 1 N–H and O–H groups in total. The smallest absolute Gasteiger partial charge is 0.0308 e. The minimum atomic E-state index is 0.842. The second-order valence-electron chi connectivity index (χ2n) is 2.34. The monoisotopic (exact) mass is 152 g/mol. The van der Waals surface area contributed by atoms with Crippen molar-refractivity contribution in [1.29, 1.82) is 0 Å². The van der Waals surface area contributed by atoms with Crippen LogP contribution in [0.15, 0.2) is 28.4 Å². The van der Waals surface area contributed by atoms with Gasteiger partial charge < -0.3 is 5.32 Å². The van der Waals surface area contributed by atoms with Gasteiger partial charge in [0, 0.05) is 12.7 Å². The third kappa shape index (κ3) is 3.73. The number of nitrogens with one attached hydrogen (secondary N) is 1. The maximum atomic E-state index is 3.73. The molecule has 0 bridgehead atoms. The normalized spacial score (nSPS) is 13.4. The zero-order valence-corrected chi connectivity index (χ0v) is 7.52. The lowest BCUT2D eigenvalue weighted by Crippen LogP contribution is -2.10. The highest BCUT2D eigenvalue weighted by Gasteiger charge is 1.95. The van der Waals surface area contributed by atoms with Crippen LogP contribution >= 0.6 is 0 Å². The Morgan fingerprint density at radius 2 is 2.27 bits per heavy atom. The minimum Gasteiger partial charge on any atom is -0.316 e. The Morgan fingerprint density at radius 1 is 1.64 bits per heavy atom. The van der Waals surface area contributed by atoms with Crippen molar-refractivity contribution in [3.05, 3.63) is 23.4 Å². The molecule has 11 heavy (non-hydrogen) atoms. The minimum absolute atomic E-state index is 0.842. The van der Waals surface area contributed by atoms with Crippen LogP contribution in [0.5, 0.6) is 0 Å². The number of nitrogens with zero attached hydrogens (tertiary/aromatic N) is 1. The lowest BCUT2D eigenvalue weighted by atomic mass is 10.1. The Morgan fingerprint density at radius 3 is 2.64 bits per heavy atom. The van der Waals surface area contributed by atoms with Crippen LogP contribution in [0.4, 0.5) is 0 Å². The molecular formula is C9H16N2. The molecule has 0 radical (unpaired) electrons. The topological polar surface area (TPSA) is 24.4 Å². The molecule has 0 spiro atoms. The van der Waals surface area contributed by atoms with E-state index in [2.05, 4.69) is 30.0 Å². The van der Waals surface area contributed by atoms with Crippen molar-refractivity contribution in [2.75, 3.05) is 13.6 Å². The van der Waals surface area contributed by atoms with Gasteiger partial charge in [0.25, 0.3) is 0 Å². The molecule has 0 aromatic rings. The van der Waals surface area contributed by atoms with Gasteiger partial charge in [-0.15, -0.1) is 0 Å². The first-order chi connectivity index (χ1) is 5.26. The third-order valence-corrected chi connectivity index (χ3v) is 1.55. The molecular weight excluding hydrogens is 136 g/mol. The van der Waals surface area contributed by atoms with Crippen LogP contribution in [0.3, 0.4) is 0 Å². The zero-order chi connectivity index (χ0) is 8.69. The number of rotatable bonds is 4. The van der Waals surface area contributed by atoms with Gasteiger partial charge in [-0.05, 0) is 38.8 Å². The van der Waals surface area contributed by atoms with Crippen molar-refractivity contribution >= 4 is 6.72 Å². The van der Waals surface area contributed by atoms with Crippen LogP contribution in [0, 0.1) is 0 Å². The fourth-order valence-corrected chi connectivity index (χ4v) is 0.773. The van der Waals surface area contributed by atoms with Crippen LogP contribution < -0.4 is 5.32 Å². The average molecular weight is 152 g/mol. The first-order valence-corrected chi connectivity index (χ1v) is 3.69. The lowest BCUT2D eigenvalue weighted by Gasteiger charge is -2.04. The molecule has 0 aliphatic rings. The van der Waals surface area contributed by atoms with E-state index < -0.39 is 0 Å². The summed E-state index contributed by atoms with van der Waals surface area (Å²) in [5.41, 5.74) is 2.43. The quantitative estimate of drug-likeness (QED) is 0.481. The van der Waals surface area contributed by atoms with Crippen LogP contribution in [0.25, 0.3) is 0 Å². The largest absolute Gasteiger partial charge is 0.316 e. The summed E-state index contributed by atoms with van der Waals surface area (Å²) < 4.78 is 0. The van der Waals surface area contributed by atoms with E-state index in [1.54, 1.807) is 6.20 Å². The molecule has 0 amide bonds. The number of allylic oxidation sites excluding steroid dienone is 1. The molecule has 0 unspecified atom stereocenters. The van der Waals surface area contributed by atoms with E-state index in [0.29, 0.717) is 0 Å². The van der Waals surface area contributed by atoms with E-state index in [1.807, 2.05) is 14.0 Å². The maximum Gasteiger partial charge on any atom is 0.0308 e. The Hall–Kier alpha value is -0.890. The first kappa shape index (κ1) is 10.1.